The van der Waals surface area contributed by atoms with Gasteiger partial charge in [0.1, 0.15) is 12.1 Å². The molecule has 6 heteroatoms. The number of carboxylic acid groups (broad SMARTS) is 1. The number of nitrogens with zero attached hydrogens (tertiary/aromatic N) is 2. The second-order valence-electron chi connectivity index (χ2n) is 4.11. The molecule has 0 aliphatic carbocycles. The first-order chi connectivity index (χ1) is 9.60. The summed E-state index contributed by atoms with van der Waals surface area (Å²) in [5.41, 5.74) is 0.930. The summed E-state index contributed by atoms with van der Waals surface area (Å²) >= 11 is 0. The van der Waals surface area contributed by atoms with E-state index in [1.54, 1.807) is 31.2 Å². The molecule has 1 aromatic heterocycles. The molecule has 0 bridgehead atoms. The predicted molar refractivity (Wildman–Crippen MR) is 69.2 cm³/mol. The highest BCUT2D eigenvalue weighted by Gasteiger charge is 2.11. The molecule has 0 saturated carbocycles. The highest BCUT2D eigenvalue weighted by atomic mass is 19.1. The van der Waals surface area contributed by atoms with Gasteiger partial charge >= 0.3 is 5.97 Å². The van der Waals surface area contributed by atoms with Crippen LogP contribution in [0, 0.1) is 5.82 Å². The van der Waals surface area contributed by atoms with E-state index in [-0.39, 0.29) is 18.0 Å². The Morgan fingerprint density at radius 2 is 2.00 bits per heavy atom. The third kappa shape index (κ3) is 3.28. The molecule has 0 amide bonds. The molecule has 20 heavy (non-hydrogen) atoms. The lowest BCUT2D eigenvalue weighted by atomic mass is 10.1. The fraction of sp³-hybridized carbons (Fsp3) is 0.214. The quantitative estimate of drug-likeness (QED) is 0.908. The van der Waals surface area contributed by atoms with E-state index in [2.05, 4.69) is 9.97 Å². The minimum absolute atomic E-state index is 0.0673. The van der Waals surface area contributed by atoms with Crippen LogP contribution in [0.3, 0.4) is 0 Å². The second kappa shape index (κ2) is 6.10. The van der Waals surface area contributed by atoms with Gasteiger partial charge in [-0.1, -0.05) is 19.1 Å². The molecule has 1 N–H and O–H groups in total. The Kier molecular flexibility index (Phi) is 4.24. The third-order valence-corrected chi connectivity index (χ3v) is 2.66. The van der Waals surface area contributed by atoms with Gasteiger partial charge < -0.3 is 9.84 Å². The zero-order chi connectivity index (χ0) is 14.5. The molecule has 0 unspecified atom stereocenters. The first kappa shape index (κ1) is 13.9. The molecule has 1 aromatic carbocycles. The van der Waals surface area contributed by atoms with E-state index in [0.717, 1.165) is 0 Å². The molecule has 0 aliphatic heterocycles. The number of aromatic nitrogens is 2. The van der Waals surface area contributed by atoms with Crippen molar-refractivity contribution < 1.29 is 19.0 Å². The Morgan fingerprint density at radius 1 is 1.30 bits per heavy atom. The van der Waals surface area contributed by atoms with Gasteiger partial charge in [-0.15, -0.1) is 0 Å². The number of rotatable bonds is 5. The highest BCUT2D eigenvalue weighted by Crippen LogP contribution is 2.23. The van der Waals surface area contributed by atoms with Crippen LogP contribution in [0.1, 0.15) is 18.2 Å². The molecule has 0 atom stereocenters. The zero-order valence-corrected chi connectivity index (χ0v) is 10.8. The number of halogens is 1. The van der Waals surface area contributed by atoms with Gasteiger partial charge in [0, 0.05) is 0 Å². The van der Waals surface area contributed by atoms with Crippen LogP contribution in [0.4, 0.5) is 4.39 Å². The van der Waals surface area contributed by atoms with Gasteiger partial charge in [0.2, 0.25) is 5.82 Å². The van der Waals surface area contributed by atoms with Gasteiger partial charge in [-0.05, 0) is 24.1 Å². The number of ether oxygens (including phenoxy) is 1. The second-order valence-corrected chi connectivity index (χ2v) is 4.11. The lowest BCUT2D eigenvalue weighted by Gasteiger charge is -2.07. The van der Waals surface area contributed by atoms with E-state index in [9.17, 15) is 9.18 Å². The van der Waals surface area contributed by atoms with E-state index in [4.69, 9.17) is 9.84 Å². The van der Waals surface area contributed by atoms with E-state index in [0.29, 0.717) is 17.7 Å². The van der Waals surface area contributed by atoms with Gasteiger partial charge in [0.05, 0.1) is 12.1 Å². The fourth-order valence-electron chi connectivity index (χ4n) is 1.67. The number of hydrogen-bond donors (Lipinski definition) is 1. The van der Waals surface area contributed by atoms with Crippen molar-refractivity contribution in [3.8, 4) is 11.6 Å². The fourth-order valence-corrected chi connectivity index (χ4v) is 1.67. The number of carboxylic acids is 1. The summed E-state index contributed by atoms with van der Waals surface area (Å²) in [5.74, 6) is -1.24. The summed E-state index contributed by atoms with van der Waals surface area (Å²) in [5, 5.41) is 8.67. The first-order valence-corrected chi connectivity index (χ1v) is 6.08. The molecule has 0 fully saturated rings. The minimum atomic E-state index is -0.909. The van der Waals surface area contributed by atoms with Crippen LogP contribution < -0.4 is 4.74 Å². The maximum absolute atomic E-state index is 13.9. The van der Waals surface area contributed by atoms with Gasteiger partial charge in [-0.2, -0.15) is 9.37 Å². The van der Waals surface area contributed by atoms with Gasteiger partial charge in [0.15, 0.2) is 0 Å². The Labute approximate surface area is 115 Å². The van der Waals surface area contributed by atoms with Crippen molar-refractivity contribution in [3.05, 3.63) is 47.7 Å². The van der Waals surface area contributed by atoms with Crippen molar-refractivity contribution in [1.29, 1.82) is 0 Å². The van der Waals surface area contributed by atoms with E-state index < -0.39 is 11.8 Å². The van der Waals surface area contributed by atoms with Crippen LogP contribution >= 0.6 is 0 Å². The lowest BCUT2D eigenvalue weighted by Crippen LogP contribution is -2.01. The molecule has 0 aliphatic rings. The average Bonchev–Trinajstić information content (AvgIpc) is 2.43. The standard InChI is InChI=1S/C14H13FN2O3/c1-2-11-13(15)14(17-8-16-11)20-10-5-3-9(4-6-10)7-12(18)19/h3-6,8H,2,7H2,1H3,(H,18,19). The Morgan fingerprint density at radius 3 is 2.60 bits per heavy atom. The predicted octanol–water partition coefficient (Wildman–Crippen LogP) is 2.60. The SMILES string of the molecule is CCc1ncnc(Oc2ccc(CC(=O)O)cc2)c1F. The zero-order valence-electron chi connectivity index (χ0n) is 10.8. The summed E-state index contributed by atoms with van der Waals surface area (Å²) in [6.45, 7) is 1.79. The van der Waals surface area contributed by atoms with Crippen molar-refractivity contribution in [1.82, 2.24) is 9.97 Å². The Balaban J connectivity index is 2.16. The van der Waals surface area contributed by atoms with E-state index >= 15 is 0 Å². The van der Waals surface area contributed by atoms with Crippen LogP contribution in [0.5, 0.6) is 11.6 Å². The molecular formula is C14H13FN2O3. The molecule has 5 nitrogen and oxygen atoms in total. The van der Waals surface area contributed by atoms with Crippen molar-refractivity contribution in [2.45, 2.75) is 19.8 Å². The smallest absolute Gasteiger partial charge is 0.307 e. The topological polar surface area (TPSA) is 72.3 Å². The highest BCUT2D eigenvalue weighted by molar-refractivity contribution is 5.70. The van der Waals surface area contributed by atoms with Crippen LogP contribution in [-0.4, -0.2) is 21.0 Å². The molecular weight excluding hydrogens is 263 g/mol. The van der Waals surface area contributed by atoms with Crippen LogP contribution in [-0.2, 0) is 17.6 Å². The van der Waals surface area contributed by atoms with Crippen molar-refractivity contribution in [3.63, 3.8) is 0 Å². The van der Waals surface area contributed by atoms with Crippen molar-refractivity contribution >= 4 is 5.97 Å². The van der Waals surface area contributed by atoms with Crippen molar-refractivity contribution in [2.24, 2.45) is 0 Å². The summed E-state index contributed by atoms with van der Waals surface area (Å²) in [6, 6.07) is 6.38. The Bertz CT molecular complexity index is 614. The summed E-state index contributed by atoms with van der Waals surface area (Å²) in [4.78, 5) is 18.1. The number of hydrogen-bond acceptors (Lipinski definition) is 4. The molecule has 104 valence electrons. The van der Waals surface area contributed by atoms with Gasteiger partial charge in [-0.25, -0.2) is 4.98 Å². The molecule has 0 spiro atoms. The van der Waals surface area contributed by atoms with E-state index in [1.165, 1.54) is 6.33 Å². The van der Waals surface area contributed by atoms with Gasteiger partial charge in [-0.3, -0.25) is 4.79 Å². The maximum atomic E-state index is 13.9. The Hall–Kier alpha value is -2.50. The van der Waals surface area contributed by atoms with Crippen LogP contribution in [0.25, 0.3) is 0 Å². The number of carbonyl (C=O) groups is 1. The normalized spacial score (nSPS) is 10.3. The van der Waals surface area contributed by atoms with E-state index in [1.807, 2.05) is 0 Å². The number of benzene rings is 1. The summed E-state index contributed by atoms with van der Waals surface area (Å²) in [6.07, 6.45) is 1.63. The monoisotopic (exact) mass is 276 g/mol. The summed E-state index contributed by atoms with van der Waals surface area (Å²) in [7, 11) is 0. The average molecular weight is 276 g/mol. The van der Waals surface area contributed by atoms with Crippen molar-refractivity contribution in [2.75, 3.05) is 0 Å². The molecule has 1 heterocycles. The largest absolute Gasteiger partial charge is 0.481 e. The molecule has 2 rings (SSSR count). The third-order valence-electron chi connectivity index (χ3n) is 2.66. The maximum Gasteiger partial charge on any atom is 0.307 e. The first-order valence-electron chi connectivity index (χ1n) is 6.08. The number of aliphatic carboxylic acids is 1. The lowest BCUT2D eigenvalue weighted by molar-refractivity contribution is -0.136. The van der Waals surface area contributed by atoms with Gasteiger partial charge in [0.25, 0.3) is 5.88 Å². The minimum Gasteiger partial charge on any atom is -0.481 e. The molecule has 0 radical (unpaired) electrons. The van der Waals surface area contributed by atoms with Crippen LogP contribution in [0.15, 0.2) is 30.6 Å². The number of aryl methyl sites for hydroxylation is 1. The van der Waals surface area contributed by atoms with Crippen LogP contribution in [0.2, 0.25) is 0 Å². The molecule has 0 saturated heterocycles. The molecule has 2 aromatic rings. The summed E-state index contributed by atoms with van der Waals surface area (Å²) < 4.78 is 19.2.